The number of aromatic amines is 1. The summed E-state index contributed by atoms with van der Waals surface area (Å²) < 4.78 is 0. The zero-order valence-electron chi connectivity index (χ0n) is 12.8. The van der Waals surface area contributed by atoms with Crippen LogP contribution in [0.5, 0.6) is 0 Å². The van der Waals surface area contributed by atoms with Crippen LogP contribution in [0.25, 0.3) is 10.9 Å². The van der Waals surface area contributed by atoms with Crippen molar-refractivity contribution in [2.75, 3.05) is 13.2 Å². The summed E-state index contributed by atoms with van der Waals surface area (Å²) in [5.74, 6) is 0.967. The van der Waals surface area contributed by atoms with E-state index in [1.807, 2.05) is 0 Å². The summed E-state index contributed by atoms with van der Waals surface area (Å²) in [4.78, 5) is 6.05. The third-order valence-electron chi connectivity index (χ3n) is 5.52. The molecule has 1 aliphatic carbocycles. The Morgan fingerprint density at radius 1 is 1.38 bits per heavy atom. The zero-order valence-corrected chi connectivity index (χ0v) is 12.8. The molecule has 3 heteroatoms. The van der Waals surface area contributed by atoms with Crippen LogP contribution in [0.15, 0.2) is 24.4 Å². The van der Waals surface area contributed by atoms with E-state index in [0.29, 0.717) is 30.5 Å². The topological polar surface area (TPSA) is 39.3 Å². The Bertz CT molecular complexity index is 660. The molecule has 1 aliphatic heterocycles. The van der Waals surface area contributed by atoms with Crippen LogP contribution in [0.1, 0.15) is 37.3 Å². The number of aliphatic hydroxyl groups excluding tert-OH is 1. The van der Waals surface area contributed by atoms with Crippen molar-refractivity contribution < 1.29 is 5.11 Å². The Morgan fingerprint density at radius 2 is 2.24 bits per heavy atom. The van der Waals surface area contributed by atoms with Crippen molar-refractivity contribution >= 4 is 10.9 Å². The molecule has 0 amide bonds. The van der Waals surface area contributed by atoms with Crippen LogP contribution in [-0.4, -0.2) is 40.2 Å². The number of likely N-dealkylation sites (tertiary alicyclic amines) is 1. The molecule has 4 rings (SSSR count). The van der Waals surface area contributed by atoms with E-state index in [-0.39, 0.29) is 0 Å². The molecule has 3 nitrogen and oxygen atoms in total. The molecule has 2 heterocycles. The molecule has 1 aromatic carbocycles. The molecule has 1 aromatic heterocycles. The predicted octanol–water partition coefficient (Wildman–Crippen LogP) is 2.90. The van der Waals surface area contributed by atoms with Crippen molar-refractivity contribution in [2.45, 2.75) is 44.7 Å². The number of benzene rings is 1. The van der Waals surface area contributed by atoms with Gasteiger partial charge in [0.05, 0.1) is 0 Å². The van der Waals surface area contributed by atoms with Gasteiger partial charge in [-0.1, -0.05) is 12.1 Å². The third-order valence-corrected chi connectivity index (χ3v) is 5.52. The second-order valence-corrected chi connectivity index (χ2v) is 7.04. The van der Waals surface area contributed by atoms with Crippen LogP contribution in [0.3, 0.4) is 0 Å². The molecule has 2 N–H and O–H groups in total. The molecule has 2 aromatic rings. The molecule has 112 valence electrons. The van der Waals surface area contributed by atoms with Gasteiger partial charge in [0.15, 0.2) is 0 Å². The molecule has 0 unspecified atom stereocenters. The molecule has 21 heavy (non-hydrogen) atoms. The van der Waals surface area contributed by atoms with Crippen LogP contribution >= 0.6 is 0 Å². The quantitative estimate of drug-likeness (QED) is 0.890. The molecule has 1 saturated heterocycles. The van der Waals surface area contributed by atoms with Gasteiger partial charge < -0.3 is 10.1 Å². The lowest BCUT2D eigenvalue weighted by atomic mass is 9.72. The fourth-order valence-corrected chi connectivity index (χ4v) is 4.56. The monoisotopic (exact) mass is 284 g/mol. The Kier molecular flexibility index (Phi) is 3.09. The fraction of sp³-hybridized carbons (Fsp3) is 0.556. The lowest BCUT2D eigenvalue weighted by molar-refractivity contribution is 0.0353. The van der Waals surface area contributed by atoms with Gasteiger partial charge in [-0.3, -0.25) is 4.90 Å². The van der Waals surface area contributed by atoms with Gasteiger partial charge in [0, 0.05) is 48.3 Å². The second-order valence-electron chi connectivity index (χ2n) is 7.04. The van der Waals surface area contributed by atoms with Crippen molar-refractivity contribution in [1.29, 1.82) is 0 Å². The van der Waals surface area contributed by atoms with Gasteiger partial charge in [0.1, 0.15) is 0 Å². The highest BCUT2D eigenvalue weighted by molar-refractivity contribution is 5.88. The minimum atomic E-state index is 0.308. The fourth-order valence-electron chi connectivity index (χ4n) is 4.56. The van der Waals surface area contributed by atoms with Crippen molar-refractivity contribution in [1.82, 2.24) is 9.88 Å². The predicted molar refractivity (Wildman–Crippen MR) is 85.6 cm³/mol. The van der Waals surface area contributed by atoms with Crippen molar-refractivity contribution in [2.24, 2.45) is 5.92 Å². The van der Waals surface area contributed by atoms with E-state index in [1.165, 1.54) is 22.0 Å². The summed E-state index contributed by atoms with van der Waals surface area (Å²) in [6.07, 6.45) is 4.45. The molecule has 0 bridgehead atoms. The molecule has 0 radical (unpaired) electrons. The highest BCUT2D eigenvalue weighted by atomic mass is 16.3. The van der Waals surface area contributed by atoms with Gasteiger partial charge in [-0.2, -0.15) is 0 Å². The van der Waals surface area contributed by atoms with Crippen molar-refractivity contribution in [3.8, 4) is 0 Å². The average molecular weight is 284 g/mol. The minimum Gasteiger partial charge on any atom is -0.396 e. The third kappa shape index (κ3) is 1.95. The number of nitrogens with zero attached hydrogens (tertiary/aromatic N) is 1. The normalized spacial score (nSPS) is 29.0. The lowest BCUT2D eigenvalue weighted by Gasteiger charge is -2.48. The Balaban J connectivity index is 1.83. The molecule has 0 saturated carbocycles. The first-order valence-electron chi connectivity index (χ1n) is 8.14. The first kappa shape index (κ1) is 13.4. The average Bonchev–Trinajstić information content (AvgIpc) is 2.91. The number of H-pyrrole nitrogens is 1. The number of fused-ring (bicyclic) bond motifs is 2. The Labute approximate surface area is 126 Å². The Hall–Kier alpha value is -1.32. The van der Waals surface area contributed by atoms with E-state index in [9.17, 15) is 5.11 Å². The minimum absolute atomic E-state index is 0.308. The van der Waals surface area contributed by atoms with Crippen LogP contribution < -0.4 is 0 Å². The Morgan fingerprint density at radius 3 is 3.00 bits per heavy atom. The summed E-state index contributed by atoms with van der Waals surface area (Å²) in [6, 6.07) is 7.76. The van der Waals surface area contributed by atoms with Gasteiger partial charge in [-0.05, 0) is 49.8 Å². The number of piperidine rings is 1. The van der Waals surface area contributed by atoms with Crippen LogP contribution in [-0.2, 0) is 6.42 Å². The summed E-state index contributed by atoms with van der Waals surface area (Å²) in [5.41, 5.74) is 4.22. The summed E-state index contributed by atoms with van der Waals surface area (Å²) >= 11 is 0. The smallest absolute Gasteiger partial charge is 0.0471 e. The van der Waals surface area contributed by atoms with Gasteiger partial charge in [-0.15, -0.1) is 0 Å². The zero-order chi connectivity index (χ0) is 14.6. The van der Waals surface area contributed by atoms with E-state index in [2.05, 4.69) is 48.1 Å². The van der Waals surface area contributed by atoms with Crippen molar-refractivity contribution in [3.05, 3.63) is 35.5 Å². The second kappa shape index (κ2) is 4.85. The number of hydrogen-bond donors (Lipinski definition) is 2. The van der Waals surface area contributed by atoms with Gasteiger partial charge in [0.25, 0.3) is 0 Å². The number of hydrogen-bond acceptors (Lipinski definition) is 2. The van der Waals surface area contributed by atoms with E-state index >= 15 is 0 Å². The molecule has 3 atom stereocenters. The van der Waals surface area contributed by atoms with E-state index in [4.69, 9.17) is 0 Å². The highest BCUT2D eigenvalue weighted by Gasteiger charge is 2.41. The molecule has 2 aliphatic rings. The molecular weight excluding hydrogens is 260 g/mol. The number of aromatic nitrogens is 1. The largest absolute Gasteiger partial charge is 0.396 e. The summed E-state index contributed by atoms with van der Waals surface area (Å²) in [5, 5.41) is 11.1. The van der Waals surface area contributed by atoms with E-state index in [0.717, 1.165) is 19.4 Å². The SMILES string of the molecule is CC(C)N1C[C@H](CO)C[C@@H]2c3cccc4[nH]cc(c34)C[C@H]21. The van der Waals surface area contributed by atoms with Crippen molar-refractivity contribution in [3.63, 3.8) is 0 Å². The van der Waals surface area contributed by atoms with Gasteiger partial charge in [0.2, 0.25) is 0 Å². The highest BCUT2D eigenvalue weighted by Crippen LogP contribution is 2.45. The van der Waals surface area contributed by atoms with E-state index in [1.54, 1.807) is 0 Å². The maximum atomic E-state index is 9.70. The number of rotatable bonds is 2. The first-order valence-corrected chi connectivity index (χ1v) is 8.14. The number of aliphatic hydroxyl groups is 1. The van der Waals surface area contributed by atoms with Gasteiger partial charge >= 0.3 is 0 Å². The molecule has 1 fully saturated rings. The maximum absolute atomic E-state index is 9.70. The molecule has 0 spiro atoms. The van der Waals surface area contributed by atoms with Crippen LogP contribution in [0.4, 0.5) is 0 Å². The summed E-state index contributed by atoms with van der Waals surface area (Å²) in [7, 11) is 0. The standard InChI is InChI=1S/C18H24N2O/c1-11(2)20-9-12(10-21)6-15-14-4-3-5-16-18(14)13(8-19-16)7-17(15)20/h3-5,8,11-12,15,17,19,21H,6-7,9-10H2,1-2H3/t12-,15-,17-/m1/s1. The van der Waals surface area contributed by atoms with Gasteiger partial charge in [-0.25, -0.2) is 0 Å². The first-order chi connectivity index (χ1) is 10.2. The maximum Gasteiger partial charge on any atom is 0.0471 e. The van der Waals surface area contributed by atoms with E-state index < -0.39 is 0 Å². The number of nitrogens with one attached hydrogen (secondary N) is 1. The molecular formula is C18H24N2O. The van der Waals surface area contributed by atoms with Crippen LogP contribution in [0.2, 0.25) is 0 Å². The van der Waals surface area contributed by atoms with Crippen LogP contribution in [0, 0.1) is 5.92 Å². The summed E-state index contributed by atoms with van der Waals surface area (Å²) in [6.45, 7) is 5.90. The lowest BCUT2D eigenvalue weighted by Crippen LogP contribution is -2.53.